The molecule has 0 atom stereocenters. The minimum absolute atomic E-state index is 0.0773. The number of pyridine rings is 1. The fourth-order valence-electron chi connectivity index (χ4n) is 3.66. The van der Waals surface area contributed by atoms with Crippen molar-refractivity contribution in [2.24, 2.45) is 0 Å². The molecule has 1 N–H and O–H groups in total. The van der Waals surface area contributed by atoms with E-state index in [-0.39, 0.29) is 5.65 Å². The Morgan fingerprint density at radius 2 is 1.86 bits per heavy atom. The average Bonchev–Trinajstić information content (AvgIpc) is 3.32. The summed E-state index contributed by atoms with van der Waals surface area (Å²) in [5.41, 5.74) is 2.29. The van der Waals surface area contributed by atoms with Gasteiger partial charge in [-0.1, -0.05) is 0 Å². The van der Waals surface area contributed by atoms with Crippen LogP contribution in [0.2, 0.25) is 0 Å². The van der Waals surface area contributed by atoms with Crippen LogP contribution in [-0.2, 0) is 12.7 Å². The molecule has 1 aliphatic rings. The number of alkyl halides is 3. The summed E-state index contributed by atoms with van der Waals surface area (Å²) in [5.74, 6) is -0.623. The standard InChI is InChI=1S/C18H17F3N8/c19-18(20,21)17-25-24-15-1-2-16(26-29(15)17)28-7-5-27(6-8-28)11-12-9-23-14-10-22-4-3-13(12)14/h1-4,9-10,23H,5-8,11H2. The number of nitrogens with zero attached hydrogens (tertiary/aromatic N) is 7. The number of anilines is 1. The molecule has 5 rings (SSSR count). The Bertz CT molecular complexity index is 1160. The van der Waals surface area contributed by atoms with Crippen LogP contribution < -0.4 is 4.90 Å². The second-order valence-corrected chi connectivity index (χ2v) is 6.98. The van der Waals surface area contributed by atoms with Crippen molar-refractivity contribution in [3.63, 3.8) is 0 Å². The zero-order chi connectivity index (χ0) is 20.0. The molecule has 11 heteroatoms. The zero-order valence-electron chi connectivity index (χ0n) is 15.3. The maximum atomic E-state index is 13.1. The summed E-state index contributed by atoms with van der Waals surface area (Å²) in [6.45, 7) is 3.71. The molecule has 0 amide bonds. The molecule has 1 fully saturated rings. The van der Waals surface area contributed by atoms with E-state index in [0.29, 0.717) is 18.9 Å². The molecule has 5 heterocycles. The summed E-state index contributed by atoms with van der Waals surface area (Å²) in [4.78, 5) is 11.6. The van der Waals surface area contributed by atoms with Gasteiger partial charge in [-0.3, -0.25) is 9.88 Å². The van der Waals surface area contributed by atoms with Gasteiger partial charge in [-0.25, -0.2) is 0 Å². The highest BCUT2D eigenvalue weighted by Gasteiger charge is 2.37. The summed E-state index contributed by atoms with van der Waals surface area (Å²) in [6, 6.07) is 5.19. The number of piperazine rings is 1. The smallest absolute Gasteiger partial charge is 0.360 e. The highest BCUT2D eigenvalue weighted by molar-refractivity contribution is 5.82. The molecule has 1 saturated heterocycles. The fraction of sp³-hybridized carbons (Fsp3) is 0.333. The normalized spacial score (nSPS) is 16.2. The first-order valence-electron chi connectivity index (χ1n) is 9.16. The molecule has 1 aliphatic heterocycles. The maximum absolute atomic E-state index is 13.1. The van der Waals surface area contributed by atoms with Gasteiger partial charge < -0.3 is 9.88 Å². The second kappa shape index (κ2) is 6.69. The SMILES string of the molecule is FC(F)(F)c1nnc2ccc(N3CCN(Cc4c[nH]c5cnccc45)CC3)nn12. The third-order valence-corrected chi connectivity index (χ3v) is 5.16. The van der Waals surface area contributed by atoms with Gasteiger partial charge in [0.1, 0.15) is 5.82 Å². The number of fused-ring (bicyclic) bond motifs is 2. The maximum Gasteiger partial charge on any atom is 0.453 e. The van der Waals surface area contributed by atoms with E-state index in [4.69, 9.17) is 0 Å². The Labute approximate surface area is 163 Å². The van der Waals surface area contributed by atoms with Gasteiger partial charge in [-0.2, -0.15) is 17.7 Å². The fourth-order valence-corrected chi connectivity index (χ4v) is 3.66. The zero-order valence-corrected chi connectivity index (χ0v) is 15.3. The molecule has 0 aliphatic carbocycles. The number of rotatable bonds is 3. The molecule has 0 spiro atoms. The van der Waals surface area contributed by atoms with Gasteiger partial charge in [0, 0.05) is 50.5 Å². The van der Waals surface area contributed by atoms with Gasteiger partial charge in [0.15, 0.2) is 5.65 Å². The molecular formula is C18H17F3N8. The summed E-state index contributed by atoms with van der Waals surface area (Å²) in [5, 5.41) is 12.1. The van der Waals surface area contributed by atoms with E-state index in [9.17, 15) is 13.2 Å². The lowest BCUT2D eigenvalue weighted by molar-refractivity contribution is -0.146. The third kappa shape index (κ3) is 3.27. The summed E-state index contributed by atoms with van der Waals surface area (Å²) >= 11 is 0. The first-order valence-corrected chi connectivity index (χ1v) is 9.16. The molecule has 0 bridgehead atoms. The van der Waals surface area contributed by atoms with Gasteiger partial charge in [0.25, 0.3) is 5.82 Å². The van der Waals surface area contributed by atoms with E-state index in [1.165, 1.54) is 11.6 Å². The van der Waals surface area contributed by atoms with Crippen LogP contribution >= 0.6 is 0 Å². The molecule has 150 valence electrons. The van der Waals surface area contributed by atoms with Gasteiger partial charge in [-0.05, 0) is 23.8 Å². The minimum Gasteiger partial charge on any atom is -0.360 e. The van der Waals surface area contributed by atoms with E-state index in [1.54, 1.807) is 18.5 Å². The Morgan fingerprint density at radius 1 is 1.03 bits per heavy atom. The number of aromatic amines is 1. The monoisotopic (exact) mass is 402 g/mol. The minimum atomic E-state index is -4.60. The Kier molecular flexibility index (Phi) is 4.12. The largest absolute Gasteiger partial charge is 0.453 e. The third-order valence-electron chi connectivity index (χ3n) is 5.16. The number of halogens is 3. The van der Waals surface area contributed by atoms with E-state index in [1.807, 2.05) is 17.2 Å². The molecule has 0 unspecified atom stereocenters. The molecule has 0 radical (unpaired) electrons. The molecule has 8 nitrogen and oxygen atoms in total. The Morgan fingerprint density at radius 3 is 2.66 bits per heavy atom. The lowest BCUT2D eigenvalue weighted by Gasteiger charge is -2.35. The summed E-state index contributed by atoms with van der Waals surface area (Å²) in [7, 11) is 0. The lowest BCUT2D eigenvalue weighted by atomic mass is 10.2. The molecule has 4 aromatic heterocycles. The van der Waals surface area contributed by atoms with Crippen LogP contribution in [0, 0.1) is 0 Å². The van der Waals surface area contributed by atoms with Crippen molar-refractivity contribution < 1.29 is 13.2 Å². The number of hydrogen-bond acceptors (Lipinski definition) is 6. The first-order chi connectivity index (χ1) is 14.0. The van der Waals surface area contributed by atoms with Gasteiger partial charge >= 0.3 is 6.18 Å². The predicted molar refractivity (Wildman–Crippen MR) is 99.4 cm³/mol. The van der Waals surface area contributed by atoms with Crippen LogP contribution in [0.25, 0.3) is 16.6 Å². The number of nitrogens with one attached hydrogen (secondary N) is 1. The molecule has 4 aromatic rings. The van der Waals surface area contributed by atoms with Gasteiger partial charge in [-0.15, -0.1) is 15.3 Å². The second-order valence-electron chi connectivity index (χ2n) is 6.98. The predicted octanol–water partition coefficient (Wildman–Crippen LogP) is 2.34. The van der Waals surface area contributed by atoms with Crippen LogP contribution in [0.4, 0.5) is 19.0 Å². The highest BCUT2D eigenvalue weighted by atomic mass is 19.4. The average molecular weight is 402 g/mol. The van der Waals surface area contributed by atoms with Crippen LogP contribution in [-0.4, -0.2) is 60.9 Å². The Hall–Kier alpha value is -3.21. The van der Waals surface area contributed by atoms with Crippen molar-refractivity contribution in [1.82, 2.24) is 34.7 Å². The quantitative estimate of drug-likeness (QED) is 0.567. The van der Waals surface area contributed by atoms with Crippen molar-refractivity contribution in [3.05, 3.63) is 48.2 Å². The van der Waals surface area contributed by atoms with Gasteiger partial charge in [0.05, 0.1) is 11.7 Å². The van der Waals surface area contributed by atoms with Crippen molar-refractivity contribution in [1.29, 1.82) is 0 Å². The van der Waals surface area contributed by atoms with Crippen LogP contribution in [0.3, 0.4) is 0 Å². The molecule has 0 aromatic carbocycles. The van der Waals surface area contributed by atoms with E-state index >= 15 is 0 Å². The molecule has 29 heavy (non-hydrogen) atoms. The van der Waals surface area contributed by atoms with Crippen molar-refractivity contribution >= 4 is 22.4 Å². The molecular weight excluding hydrogens is 385 g/mol. The van der Waals surface area contributed by atoms with E-state index in [2.05, 4.69) is 30.2 Å². The number of aromatic nitrogens is 6. The van der Waals surface area contributed by atoms with E-state index < -0.39 is 12.0 Å². The molecule has 0 saturated carbocycles. The van der Waals surface area contributed by atoms with Gasteiger partial charge in [0.2, 0.25) is 0 Å². The summed E-state index contributed by atoms with van der Waals surface area (Å²) < 4.78 is 40.0. The Balaban J connectivity index is 1.30. The van der Waals surface area contributed by atoms with Crippen LogP contribution in [0.5, 0.6) is 0 Å². The topological polar surface area (TPSA) is 78.2 Å². The van der Waals surface area contributed by atoms with Crippen molar-refractivity contribution in [3.8, 4) is 0 Å². The summed E-state index contributed by atoms with van der Waals surface area (Å²) in [6.07, 6.45) is 0.982. The lowest BCUT2D eigenvalue weighted by Crippen LogP contribution is -2.46. The van der Waals surface area contributed by atoms with E-state index in [0.717, 1.165) is 35.1 Å². The van der Waals surface area contributed by atoms with Crippen LogP contribution in [0.15, 0.2) is 36.8 Å². The number of H-pyrrole nitrogens is 1. The number of hydrogen-bond donors (Lipinski definition) is 1. The highest BCUT2D eigenvalue weighted by Crippen LogP contribution is 2.28. The van der Waals surface area contributed by atoms with Crippen molar-refractivity contribution in [2.75, 3.05) is 31.1 Å². The van der Waals surface area contributed by atoms with Crippen LogP contribution in [0.1, 0.15) is 11.4 Å². The van der Waals surface area contributed by atoms with Crippen molar-refractivity contribution in [2.45, 2.75) is 12.7 Å². The first kappa shape index (κ1) is 17.9.